The Kier molecular flexibility index (Phi) is 7.97. The van der Waals surface area contributed by atoms with Gasteiger partial charge in [-0.1, -0.05) is 29.8 Å². The second-order valence-corrected chi connectivity index (χ2v) is 8.78. The molecule has 0 radical (unpaired) electrons. The van der Waals surface area contributed by atoms with Gasteiger partial charge < -0.3 is 14.2 Å². The maximum Gasteiger partial charge on any atom is 0.573 e. The van der Waals surface area contributed by atoms with Crippen molar-refractivity contribution in [1.29, 1.82) is 0 Å². The summed E-state index contributed by atoms with van der Waals surface area (Å²) in [6.07, 6.45) is -4.71. The van der Waals surface area contributed by atoms with E-state index in [9.17, 15) is 13.2 Å². The van der Waals surface area contributed by atoms with Crippen LogP contribution in [0.25, 0.3) is 11.3 Å². The lowest BCUT2D eigenvalue weighted by atomic mass is 10.1. The molecule has 0 saturated carbocycles. The maximum absolute atomic E-state index is 12.3. The molecule has 3 aromatic rings. The molecule has 2 aromatic carbocycles. The summed E-state index contributed by atoms with van der Waals surface area (Å²) >= 11 is 0. The summed E-state index contributed by atoms with van der Waals surface area (Å²) in [5.41, 5.74) is 3.82. The fourth-order valence-electron chi connectivity index (χ4n) is 4.19. The van der Waals surface area contributed by atoms with Crippen LogP contribution in [0.2, 0.25) is 0 Å². The second-order valence-electron chi connectivity index (χ2n) is 8.78. The average molecular weight is 489 g/mol. The van der Waals surface area contributed by atoms with E-state index >= 15 is 0 Å². The highest BCUT2D eigenvalue weighted by atomic mass is 19.4. The van der Waals surface area contributed by atoms with E-state index in [1.807, 2.05) is 6.07 Å². The molecule has 4 rings (SSSR count). The number of halogens is 3. The van der Waals surface area contributed by atoms with Crippen LogP contribution in [-0.4, -0.2) is 67.1 Å². The molecule has 1 aromatic heterocycles. The topological polar surface area (TPSA) is 45.0 Å². The van der Waals surface area contributed by atoms with Gasteiger partial charge in [-0.3, -0.25) is 9.80 Å². The predicted molar refractivity (Wildman–Crippen MR) is 129 cm³/mol. The lowest BCUT2D eigenvalue weighted by molar-refractivity contribution is -0.274. The summed E-state index contributed by atoms with van der Waals surface area (Å²) in [6.45, 7) is 11.7. The van der Waals surface area contributed by atoms with Crippen LogP contribution < -0.4 is 9.64 Å². The summed E-state index contributed by atoms with van der Waals surface area (Å²) in [4.78, 5) is 7.23. The zero-order chi connectivity index (χ0) is 24.8. The van der Waals surface area contributed by atoms with E-state index in [4.69, 9.17) is 4.52 Å². The summed E-state index contributed by atoms with van der Waals surface area (Å²) in [5.74, 6) is 0.462. The quantitative estimate of drug-likeness (QED) is 0.413. The Bertz CT molecular complexity index is 1060. The van der Waals surface area contributed by atoms with Gasteiger partial charge >= 0.3 is 6.36 Å². The normalized spacial score (nSPS) is 15.1. The largest absolute Gasteiger partial charge is 0.573 e. The lowest BCUT2D eigenvalue weighted by Crippen LogP contribution is -2.48. The van der Waals surface area contributed by atoms with Gasteiger partial charge in [-0.2, -0.15) is 0 Å². The van der Waals surface area contributed by atoms with Gasteiger partial charge in [-0.15, -0.1) is 13.2 Å². The van der Waals surface area contributed by atoms with E-state index in [0.29, 0.717) is 17.8 Å². The number of hydrogen-bond acceptors (Lipinski definition) is 6. The van der Waals surface area contributed by atoms with E-state index in [0.717, 1.165) is 51.6 Å². The number of nitrogens with zero attached hydrogens (tertiary/aromatic N) is 4. The second kappa shape index (κ2) is 11.1. The standard InChI is InChI=1S/C26H31F3N4O2/c1-3-31(12-13-32-14-16-33(17-15-32)22-8-4-20(2)5-9-22)19-24-18-25(30-35-24)21-6-10-23(11-7-21)34-26(27,28)29/h4-11,18H,3,12-17,19H2,1-2H3. The Morgan fingerprint density at radius 3 is 2.31 bits per heavy atom. The van der Waals surface area contributed by atoms with E-state index in [1.54, 1.807) is 0 Å². The molecule has 0 unspecified atom stereocenters. The molecule has 0 aliphatic carbocycles. The molecule has 1 saturated heterocycles. The minimum Gasteiger partial charge on any atom is -0.406 e. The number of likely N-dealkylation sites (N-methyl/N-ethyl adjacent to an activating group) is 1. The third-order valence-corrected chi connectivity index (χ3v) is 6.27. The highest BCUT2D eigenvalue weighted by molar-refractivity contribution is 5.59. The first kappa shape index (κ1) is 25.1. The molecular weight excluding hydrogens is 457 g/mol. The fraction of sp³-hybridized carbons (Fsp3) is 0.423. The van der Waals surface area contributed by atoms with Crippen molar-refractivity contribution in [3.63, 3.8) is 0 Å². The third kappa shape index (κ3) is 7.22. The molecule has 1 aliphatic rings. The molecule has 2 heterocycles. The van der Waals surface area contributed by atoms with Crippen molar-refractivity contribution in [3.05, 3.63) is 65.9 Å². The molecule has 1 fully saturated rings. The molecule has 0 amide bonds. The van der Waals surface area contributed by atoms with Crippen LogP contribution in [0.4, 0.5) is 18.9 Å². The summed E-state index contributed by atoms with van der Waals surface area (Å²) in [6, 6.07) is 16.2. The van der Waals surface area contributed by atoms with Crippen LogP contribution in [0.1, 0.15) is 18.2 Å². The Morgan fingerprint density at radius 2 is 1.69 bits per heavy atom. The smallest absolute Gasteiger partial charge is 0.406 e. The van der Waals surface area contributed by atoms with Crippen molar-refractivity contribution < 1.29 is 22.4 Å². The molecule has 1 aliphatic heterocycles. The Morgan fingerprint density at radius 1 is 1.00 bits per heavy atom. The lowest BCUT2D eigenvalue weighted by Gasteiger charge is -2.37. The number of anilines is 1. The number of hydrogen-bond donors (Lipinski definition) is 0. The fourth-order valence-corrected chi connectivity index (χ4v) is 4.19. The van der Waals surface area contributed by atoms with Gasteiger partial charge in [0.15, 0.2) is 5.76 Å². The van der Waals surface area contributed by atoms with Gasteiger partial charge in [-0.25, -0.2) is 0 Å². The van der Waals surface area contributed by atoms with Crippen LogP contribution in [0.5, 0.6) is 5.75 Å². The molecule has 9 heteroatoms. The number of piperazine rings is 1. The van der Waals surface area contributed by atoms with E-state index < -0.39 is 6.36 Å². The molecule has 0 N–H and O–H groups in total. The van der Waals surface area contributed by atoms with Crippen molar-refractivity contribution in [2.75, 3.05) is 50.7 Å². The van der Waals surface area contributed by atoms with Gasteiger partial charge in [0.25, 0.3) is 0 Å². The van der Waals surface area contributed by atoms with E-state index in [-0.39, 0.29) is 5.75 Å². The molecule has 35 heavy (non-hydrogen) atoms. The number of alkyl halides is 3. The van der Waals surface area contributed by atoms with Crippen molar-refractivity contribution >= 4 is 5.69 Å². The Hall–Kier alpha value is -3.04. The third-order valence-electron chi connectivity index (χ3n) is 6.27. The van der Waals surface area contributed by atoms with Crippen LogP contribution >= 0.6 is 0 Å². The van der Waals surface area contributed by atoms with Crippen molar-refractivity contribution in [2.24, 2.45) is 0 Å². The monoisotopic (exact) mass is 488 g/mol. The molecule has 6 nitrogen and oxygen atoms in total. The predicted octanol–water partition coefficient (Wildman–Crippen LogP) is 5.19. The SMILES string of the molecule is CCN(CCN1CCN(c2ccc(C)cc2)CC1)Cc1cc(-c2ccc(OC(F)(F)F)cc2)no1. The summed E-state index contributed by atoms with van der Waals surface area (Å²) < 4.78 is 46.5. The van der Waals surface area contributed by atoms with Gasteiger partial charge in [0.2, 0.25) is 0 Å². The van der Waals surface area contributed by atoms with Gasteiger partial charge in [0, 0.05) is 56.6 Å². The Balaban J connectivity index is 1.25. The van der Waals surface area contributed by atoms with Crippen molar-refractivity contribution in [1.82, 2.24) is 15.0 Å². The van der Waals surface area contributed by atoms with Crippen molar-refractivity contribution in [3.8, 4) is 17.0 Å². The minimum atomic E-state index is -4.71. The van der Waals surface area contributed by atoms with Crippen molar-refractivity contribution in [2.45, 2.75) is 26.8 Å². The number of ether oxygens (including phenoxy) is 1. The first-order valence-corrected chi connectivity index (χ1v) is 11.9. The molecule has 0 atom stereocenters. The maximum atomic E-state index is 12.3. The van der Waals surface area contributed by atoms with E-state index in [1.165, 1.54) is 35.5 Å². The summed E-state index contributed by atoms with van der Waals surface area (Å²) in [5, 5.41) is 4.09. The number of aromatic nitrogens is 1. The van der Waals surface area contributed by atoms with Crippen LogP contribution in [0.15, 0.2) is 59.1 Å². The molecule has 0 bridgehead atoms. The number of rotatable bonds is 9. The number of benzene rings is 2. The highest BCUT2D eigenvalue weighted by Gasteiger charge is 2.31. The van der Waals surface area contributed by atoms with E-state index in [2.05, 4.69) is 62.7 Å². The Labute approximate surface area is 203 Å². The van der Waals surface area contributed by atoms with Gasteiger partial charge in [-0.05, 0) is 49.9 Å². The van der Waals surface area contributed by atoms with Gasteiger partial charge in [0.05, 0.1) is 6.54 Å². The highest BCUT2D eigenvalue weighted by Crippen LogP contribution is 2.26. The van der Waals surface area contributed by atoms with Crippen LogP contribution in [0, 0.1) is 6.92 Å². The molecule has 188 valence electrons. The zero-order valence-electron chi connectivity index (χ0n) is 20.1. The first-order chi connectivity index (χ1) is 16.8. The van der Waals surface area contributed by atoms with Gasteiger partial charge in [0.1, 0.15) is 11.4 Å². The summed E-state index contributed by atoms with van der Waals surface area (Å²) in [7, 11) is 0. The average Bonchev–Trinajstić information content (AvgIpc) is 3.30. The molecule has 0 spiro atoms. The molecular formula is C26H31F3N4O2. The zero-order valence-corrected chi connectivity index (χ0v) is 20.1. The minimum absolute atomic E-state index is 0.262. The van der Waals surface area contributed by atoms with Crippen LogP contribution in [-0.2, 0) is 6.54 Å². The first-order valence-electron chi connectivity index (χ1n) is 11.9. The number of aryl methyl sites for hydroxylation is 1. The van der Waals surface area contributed by atoms with Crippen LogP contribution in [0.3, 0.4) is 0 Å².